The molecule has 1 aliphatic heterocycles. The Hall–Kier alpha value is -1.19. The topological polar surface area (TPSA) is 104 Å². The summed E-state index contributed by atoms with van der Waals surface area (Å²) in [5.41, 5.74) is 0.573. The summed E-state index contributed by atoms with van der Waals surface area (Å²) in [5.74, 6) is 0.316. The van der Waals surface area contributed by atoms with E-state index in [1.807, 2.05) is 0 Å². The summed E-state index contributed by atoms with van der Waals surface area (Å²) in [5, 5.41) is 19.3. The van der Waals surface area contributed by atoms with E-state index in [9.17, 15) is 13.5 Å². The van der Waals surface area contributed by atoms with Gasteiger partial charge in [-0.25, -0.2) is 13.1 Å². The first-order chi connectivity index (χ1) is 12.9. The molecule has 1 aromatic heterocycles. The number of rotatable bonds is 4. The van der Waals surface area contributed by atoms with Gasteiger partial charge in [0.25, 0.3) is 0 Å². The minimum absolute atomic E-state index is 0.0721. The Morgan fingerprint density at radius 1 is 1.26 bits per heavy atom. The van der Waals surface area contributed by atoms with Gasteiger partial charge in [0.2, 0.25) is 10.0 Å². The number of nitrogens with zero attached hydrogens (tertiary/aromatic N) is 1. The monoisotopic (exact) mass is 411 g/mol. The van der Waals surface area contributed by atoms with Gasteiger partial charge in [-0.05, 0) is 55.2 Å². The van der Waals surface area contributed by atoms with Crippen LogP contribution in [0.4, 0.5) is 0 Å². The number of hydrogen-bond acceptors (Lipinski definition) is 5. The highest BCUT2D eigenvalue weighted by Crippen LogP contribution is 2.60. The fourth-order valence-electron chi connectivity index (χ4n) is 4.93. The van der Waals surface area contributed by atoms with Gasteiger partial charge in [-0.1, -0.05) is 11.6 Å². The van der Waals surface area contributed by atoms with E-state index in [1.54, 1.807) is 18.3 Å². The Labute approximate surface area is 162 Å². The zero-order chi connectivity index (χ0) is 18.8. The summed E-state index contributed by atoms with van der Waals surface area (Å²) in [6.07, 6.45) is 3.84. The van der Waals surface area contributed by atoms with Crippen LogP contribution in [0.5, 0.6) is 0 Å². The largest absolute Gasteiger partial charge is 0.385 e. The van der Waals surface area contributed by atoms with Crippen molar-refractivity contribution >= 4 is 32.5 Å². The SMILES string of the molecule is O=S(=O)(NC1C2CC(O)(c3cc(Cl)cc4[nH]ncc34)CC21)C1CCOCC1. The molecule has 0 spiro atoms. The van der Waals surface area contributed by atoms with E-state index in [-0.39, 0.29) is 23.1 Å². The molecule has 0 radical (unpaired) electrons. The lowest BCUT2D eigenvalue weighted by Gasteiger charge is -2.28. The van der Waals surface area contributed by atoms with Gasteiger partial charge in [0, 0.05) is 29.7 Å². The van der Waals surface area contributed by atoms with E-state index >= 15 is 0 Å². The smallest absolute Gasteiger partial charge is 0.214 e. The third-order valence-electron chi connectivity index (χ3n) is 6.41. The molecule has 0 bridgehead atoms. The second-order valence-electron chi connectivity index (χ2n) is 8.05. The number of fused-ring (bicyclic) bond motifs is 2. The quantitative estimate of drug-likeness (QED) is 0.712. The zero-order valence-electron chi connectivity index (χ0n) is 14.7. The predicted octanol–water partition coefficient (Wildman–Crippen LogP) is 1.91. The average molecular weight is 412 g/mol. The normalized spacial score (nSPS) is 34.1. The van der Waals surface area contributed by atoms with Gasteiger partial charge in [-0.15, -0.1) is 0 Å². The first-order valence-electron chi connectivity index (χ1n) is 9.32. The highest BCUT2D eigenvalue weighted by molar-refractivity contribution is 7.90. The fourth-order valence-corrected chi connectivity index (χ4v) is 6.89. The van der Waals surface area contributed by atoms with Gasteiger partial charge in [0.05, 0.1) is 22.6 Å². The van der Waals surface area contributed by atoms with Crippen molar-refractivity contribution in [2.75, 3.05) is 13.2 Å². The summed E-state index contributed by atoms with van der Waals surface area (Å²) < 4.78 is 33.4. The number of hydrogen-bond donors (Lipinski definition) is 3. The summed E-state index contributed by atoms with van der Waals surface area (Å²) in [6, 6.07) is 3.51. The number of H-pyrrole nitrogens is 1. The van der Waals surface area contributed by atoms with Crippen LogP contribution in [-0.4, -0.2) is 48.2 Å². The van der Waals surface area contributed by atoms with Crippen LogP contribution < -0.4 is 4.72 Å². The molecular weight excluding hydrogens is 390 g/mol. The van der Waals surface area contributed by atoms with Crippen LogP contribution in [0.3, 0.4) is 0 Å². The molecule has 2 heterocycles. The van der Waals surface area contributed by atoms with Gasteiger partial charge in [0.15, 0.2) is 0 Å². The average Bonchev–Trinajstić information content (AvgIpc) is 3.02. The first kappa shape index (κ1) is 17.9. The molecular formula is C18H22ClN3O4S. The summed E-state index contributed by atoms with van der Waals surface area (Å²) in [6.45, 7) is 0.997. The molecule has 3 fully saturated rings. The molecule has 2 aromatic rings. The number of sulfonamides is 1. The molecule has 2 aliphatic carbocycles. The van der Waals surface area contributed by atoms with Crippen molar-refractivity contribution in [1.82, 2.24) is 14.9 Å². The van der Waals surface area contributed by atoms with E-state index in [0.29, 0.717) is 43.9 Å². The van der Waals surface area contributed by atoms with Gasteiger partial charge < -0.3 is 9.84 Å². The minimum atomic E-state index is -3.34. The van der Waals surface area contributed by atoms with Gasteiger partial charge in [-0.2, -0.15) is 5.10 Å². The Kier molecular flexibility index (Phi) is 4.07. The molecule has 1 saturated heterocycles. The first-order valence-corrected chi connectivity index (χ1v) is 11.2. The summed E-state index contributed by atoms with van der Waals surface area (Å²) in [4.78, 5) is 0. The molecule has 2 unspecified atom stereocenters. The molecule has 146 valence electrons. The molecule has 7 nitrogen and oxygen atoms in total. The molecule has 5 rings (SSSR count). The Bertz CT molecular complexity index is 974. The van der Waals surface area contributed by atoms with Crippen molar-refractivity contribution in [2.45, 2.75) is 42.6 Å². The number of aromatic amines is 1. The lowest BCUT2D eigenvalue weighted by atomic mass is 9.86. The second-order valence-corrected chi connectivity index (χ2v) is 10.5. The van der Waals surface area contributed by atoms with Crippen molar-refractivity contribution in [2.24, 2.45) is 11.8 Å². The van der Waals surface area contributed by atoms with Gasteiger partial charge in [-0.3, -0.25) is 5.10 Å². The van der Waals surface area contributed by atoms with Crippen LogP contribution in [0.2, 0.25) is 5.02 Å². The van der Waals surface area contributed by atoms with Crippen LogP contribution in [-0.2, 0) is 20.4 Å². The second kappa shape index (κ2) is 6.15. The van der Waals surface area contributed by atoms with Crippen molar-refractivity contribution in [1.29, 1.82) is 0 Å². The van der Waals surface area contributed by atoms with E-state index in [0.717, 1.165) is 16.5 Å². The van der Waals surface area contributed by atoms with Gasteiger partial charge >= 0.3 is 0 Å². The Morgan fingerprint density at radius 3 is 2.67 bits per heavy atom. The van der Waals surface area contributed by atoms with E-state index < -0.39 is 15.6 Å². The maximum atomic E-state index is 12.6. The summed E-state index contributed by atoms with van der Waals surface area (Å²) in [7, 11) is -3.34. The summed E-state index contributed by atoms with van der Waals surface area (Å²) >= 11 is 6.21. The molecule has 0 amide bonds. The van der Waals surface area contributed by atoms with Crippen LogP contribution >= 0.6 is 11.6 Å². The molecule has 3 N–H and O–H groups in total. The minimum Gasteiger partial charge on any atom is -0.385 e. The standard InChI is InChI=1S/C18H22ClN3O4S/c19-10-5-15(14-9-20-21-16(14)6-10)18(23)7-12-13(8-18)17(12)22-27(24,25)11-1-3-26-4-2-11/h5-6,9,11-13,17,22-23H,1-4,7-8H2,(H,20,21). The number of halogens is 1. The van der Waals surface area contributed by atoms with Crippen molar-refractivity contribution in [3.63, 3.8) is 0 Å². The van der Waals surface area contributed by atoms with E-state index in [4.69, 9.17) is 16.3 Å². The number of benzene rings is 1. The third kappa shape index (κ3) is 2.98. The molecule has 2 saturated carbocycles. The zero-order valence-corrected chi connectivity index (χ0v) is 16.3. The maximum absolute atomic E-state index is 12.6. The number of aliphatic hydroxyl groups is 1. The molecule has 27 heavy (non-hydrogen) atoms. The molecule has 3 aliphatic rings. The fraction of sp³-hybridized carbons (Fsp3) is 0.611. The van der Waals surface area contributed by atoms with Crippen LogP contribution in [0.25, 0.3) is 10.9 Å². The molecule has 1 aromatic carbocycles. The Balaban J connectivity index is 1.32. The molecule has 9 heteroatoms. The van der Waals surface area contributed by atoms with Crippen molar-refractivity contribution < 1.29 is 18.3 Å². The maximum Gasteiger partial charge on any atom is 0.214 e. The number of nitrogens with one attached hydrogen (secondary N) is 2. The van der Waals surface area contributed by atoms with E-state index in [1.165, 1.54) is 0 Å². The number of ether oxygens (including phenoxy) is 1. The number of aromatic nitrogens is 2. The highest BCUT2D eigenvalue weighted by atomic mass is 35.5. The molecule has 2 atom stereocenters. The van der Waals surface area contributed by atoms with Crippen LogP contribution in [0.1, 0.15) is 31.2 Å². The van der Waals surface area contributed by atoms with E-state index in [2.05, 4.69) is 14.9 Å². The lowest BCUT2D eigenvalue weighted by Crippen LogP contribution is -2.41. The van der Waals surface area contributed by atoms with Gasteiger partial charge in [0.1, 0.15) is 0 Å². The third-order valence-corrected chi connectivity index (χ3v) is 8.58. The lowest BCUT2D eigenvalue weighted by molar-refractivity contribution is 0.0303. The highest BCUT2D eigenvalue weighted by Gasteiger charge is 2.63. The Morgan fingerprint density at radius 2 is 1.96 bits per heavy atom. The van der Waals surface area contributed by atoms with Crippen LogP contribution in [0.15, 0.2) is 18.3 Å². The van der Waals surface area contributed by atoms with Crippen molar-refractivity contribution in [3.8, 4) is 0 Å². The predicted molar refractivity (Wildman–Crippen MR) is 101 cm³/mol. The van der Waals surface area contributed by atoms with Crippen molar-refractivity contribution in [3.05, 3.63) is 28.9 Å². The van der Waals surface area contributed by atoms with Crippen LogP contribution in [0, 0.1) is 11.8 Å².